The lowest BCUT2D eigenvalue weighted by molar-refractivity contribution is 0.475. The van der Waals surface area contributed by atoms with Crippen LogP contribution in [0.2, 0.25) is 0 Å². The summed E-state index contributed by atoms with van der Waals surface area (Å²) in [4.78, 5) is 0.0438. The zero-order chi connectivity index (χ0) is 14.9. The highest BCUT2D eigenvalue weighted by Crippen LogP contribution is 2.29. The molecular formula is C14H12ClFO3S. The van der Waals surface area contributed by atoms with Crippen molar-refractivity contribution in [2.75, 3.05) is 0 Å². The Morgan fingerprint density at radius 1 is 1.05 bits per heavy atom. The first-order valence-corrected chi connectivity index (χ1v) is 8.07. The van der Waals surface area contributed by atoms with Gasteiger partial charge in [0.15, 0.2) is 0 Å². The number of ether oxygens (including phenoxy) is 1. The standard InChI is InChI=1S/C14H12ClFO3S/c1-9-7-11(16)3-5-13(9)19-12-4-6-14(10(2)8-12)20(15,17)18/h3-8H,1-2H3. The maximum absolute atomic E-state index is 13.0. The van der Waals surface area contributed by atoms with Crippen molar-refractivity contribution in [1.29, 1.82) is 0 Å². The number of aryl methyl sites for hydroxylation is 2. The molecule has 0 aliphatic rings. The van der Waals surface area contributed by atoms with Crippen LogP contribution >= 0.6 is 10.7 Å². The van der Waals surface area contributed by atoms with Crippen LogP contribution in [0.1, 0.15) is 11.1 Å². The summed E-state index contributed by atoms with van der Waals surface area (Å²) < 4.78 is 41.2. The summed E-state index contributed by atoms with van der Waals surface area (Å²) in [5, 5.41) is 0. The van der Waals surface area contributed by atoms with Gasteiger partial charge in [0, 0.05) is 10.7 Å². The van der Waals surface area contributed by atoms with E-state index in [9.17, 15) is 12.8 Å². The molecule has 0 fully saturated rings. The summed E-state index contributed by atoms with van der Waals surface area (Å²) in [5.74, 6) is 0.628. The fourth-order valence-corrected chi connectivity index (χ4v) is 3.01. The van der Waals surface area contributed by atoms with Gasteiger partial charge in [-0.2, -0.15) is 0 Å². The second-order valence-electron chi connectivity index (χ2n) is 4.38. The zero-order valence-corrected chi connectivity index (χ0v) is 12.4. The van der Waals surface area contributed by atoms with Gasteiger partial charge in [-0.15, -0.1) is 0 Å². The highest BCUT2D eigenvalue weighted by atomic mass is 35.7. The van der Waals surface area contributed by atoms with E-state index < -0.39 is 9.05 Å². The van der Waals surface area contributed by atoms with Crippen LogP contribution in [0.3, 0.4) is 0 Å². The predicted octanol–water partition coefficient (Wildman–Crippen LogP) is 4.16. The van der Waals surface area contributed by atoms with Gasteiger partial charge in [-0.05, 0) is 61.4 Å². The first kappa shape index (κ1) is 14.8. The lowest BCUT2D eigenvalue weighted by atomic mass is 10.2. The minimum atomic E-state index is -3.77. The molecule has 2 aromatic rings. The largest absolute Gasteiger partial charge is 0.457 e. The summed E-state index contributed by atoms with van der Waals surface area (Å²) in [6.45, 7) is 3.35. The van der Waals surface area contributed by atoms with Gasteiger partial charge in [-0.25, -0.2) is 12.8 Å². The average molecular weight is 315 g/mol. The number of benzene rings is 2. The number of halogens is 2. The van der Waals surface area contributed by atoms with Gasteiger partial charge in [-0.3, -0.25) is 0 Å². The predicted molar refractivity (Wildman–Crippen MR) is 75.4 cm³/mol. The third kappa shape index (κ3) is 3.29. The molecule has 0 N–H and O–H groups in total. The molecule has 0 saturated carbocycles. The van der Waals surface area contributed by atoms with Crippen LogP contribution < -0.4 is 4.74 Å². The second-order valence-corrected chi connectivity index (χ2v) is 6.91. The quantitative estimate of drug-likeness (QED) is 0.799. The van der Waals surface area contributed by atoms with Gasteiger partial charge in [0.2, 0.25) is 0 Å². The van der Waals surface area contributed by atoms with E-state index in [1.807, 2.05) is 0 Å². The molecule has 0 unspecified atom stereocenters. The maximum atomic E-state index is 13.0. The lowest BCUT2D eigenvalue weighted by Crippen LogP contribution is -1.95. The molecule has 0 aliphatic carbocycles. The first-order valence-electron chi connectivity index (χ1n) is 5.77. The van der Waals surface area contributed by atoms with Crippen molar-refractivity contribution < 1.29 is 17.5 Å². The van der Waals surface area contributed by atoms with Crippen LogP contribution in [0.15, 0.2) is 41.3 Å². The molecule has 0 bridgehead atoms. The van der Waals surface area contributed by atoms with Crippen LogP contribution in [0.25, 0.3) is 0 Å². The third-order valence-corrected chi connectivity index (χ3v) is 4.26. The fraction of sp³-hybridized carbons (Fsp3) is 0.143. The summed E-state index contributed by atoms with van der Waals surface area (Å²) >= 11 is 0. The molecule has 2 rings (SSSR count). The molecule has 6 heteroatoms. The van der Waals surface area contributed by atoms with Crippen molar-refractivity contribution in [3.63, 3.8) is 0 Å². The van der Waals surface area contributed by atoms with Gasteiger partial charge in [0.25, 0.3) is 9.05 Å². The molecule has 0 heterocycles. The van der Waals surface area contributed by atoms with Crippen molar-refractivity contribution >= 4 is 19.7 Å². The Balaban J connectivity index is 2.34. The third-order valence-electron chi connectivity index (χ3n) is 2.77. The second kappa shape index (κ2) is 5.42. The minimum Gasteiger partial charge on any atom is -0.457 e. The van der Waals surface area contributed by atoms with E-state index in [-0.39, 0.29) is 10.7 Å². The van der Waals surface area contributed by atoms with Crippen LogP contribution in [-0.2, 0) is 9.05 Å². The number of hydrogen-bond acceptors (Lipinski definition) is 3. The Morgan fingerprint density at radius 3 is 2.30 bits per heavy atom. The molecule has 106 valence electrons. The molecule has 0 atom stereocenters. The molecule has 0 amide bonds. The molecule has 0 aliphatic heterocycles. The van der Waals surface area contributed by atoms with E-state index in [2.05, 4.69) is 0 Å². The Kier molecular flexibility index (Phi) is 4.01. The van der Waals surface area contributed by atoms with Gasteiger partial charge < -0.3 is 4.74 Å². The number of hydrogen-bond donors (Lipinski definition) is 0. The van der Waals surface area contributed by atoms with E-state index in [0.717, 1.165) is 0 Å². The summed E-state index contributed by atoms with van der Waals surface area (Å²) in [6.07, 6.45) is 0. The van der Waals surface area contributed by atoms with E-state index in [0.29, 0.717) is 22.6 Å². The fourth-order valence-electron chi connectivity index (χ4n) is 1.81. The maximum Gasteiger partial charge on any atom is 0.261 e. The smallest absolute Gasteiger partial charge is 0.261 e. The highest BCUT2D eigenvalue weighted by Gasteiger charge is 2.14. The van der Waals surface area contributed by atoms with Crippen LogP contribution in [0, 0.1) is 19.7 Å². The van der Waals surface area contributed by atoms with Gasteiger partial charge in [-0.1, -0.05) is 0 Å². The zero-order valence-electron chi connectivity index (χ0n) is 10.9. The molecule has 2 aromatic carbocycles. The van der Waals surface area contributed by atoms with Crippen LogP contribution in [0.4, 0.5) is 4.39 Å². The van der Waals surface area contributed by atoms with E-state index in [4.69, 9.17) is 15.4 Å². The average Bonchev–Trinajstić information content (AvgIpc) is 2.31. The SMILES string of the molecule is Cc1cc(F)ccc1Oc1ccc(S(=O)(=O)Cl)c(C)c1. The van der Waals surface area contributed by atoms with Crippen molar-refractivity contribution in [2.24, 2.45) is 0 Å². The molecule has 0 spiro atoms. The Morgan fingerprint density at radius 2 is 1.75 bits per heavy atom. The molecule has 0 aromatic heterocycles. The van der Waals surface area contributed by atoms with Crippen molar-refractivity contribution in [3.8, 4) is 11.5 Å². The van der Waals surface area contributed by atoms with E-state index >= 15 is 0 Å². The number of rotatable bonds is 3. The Hall–Kier alpha value is -1.59. The topological polar surface area (TPSA) is 43.4 Å². The monoisotopic (exact) mass is 314 g/mol. The molecule has 3 nitrogen and oxygen atoms in total. The van der Waals surface area contributed by atoms with E-state index in [1.54, 1.807) is 19.9 Å². The molecule has 0 saturated heterocycles. The van der Waals surface area contributed by atoms with Gasteiger partial charge >= 0.3 is 0 Å². The van der Waals surface area contributed by atoms with Crippen molar-refractivity contribution in [1.82, 2.24) is 0 Å². The minimum absolute atomic E-state index is 0.0438. The highest BCUT2D eigenvalue weighted by molar-refractivity contribution is 8.13. The Labute approximate surface area is 121 Å². The summed E-state index contributed by atoms with van der Waals surface area (Å²) in [6, 6.07) is 8.63. The van der Waals surface area contributed by atoms with Crippen molar-refractivity contribution in [2.45, 2.75) is 18.7 Å². The van der Waals surface area contributed by atoms with Gasteiger partial charge in [0.1, 0.15) is 17.3 Å². The van der Waals surface area contributed by atoms with Crippen LogP contribution in [-0.4, -0.2) is 8.42 Å². The summed E-state index contributed by atoms with van der Waals surface area (Å²) in [5.41, 5.74) is 1.13. The Bertz CT molecular complexity index is 757. The summed E-state index contributed by atoms with van der Waals surface area (Å²) in [7, 11) is 1.54. The van der Waals surface area contributed by atoms with E-state index in [1.165, 1.54) is 30.3 Å². The van der Waals surface area contributed by atoms with Crippen molar-refractivity contribution in [3.05, 3.63) is 53.3 Å². The van der Waals surface area contributed by atoms with Gasteiger partial charge in [0.05, 0.1) is 4.90 Å². The molecular weight excluding hydrogens is 303 g/mol. The van der Waals surface area contributed by atoms with Crippen LogP contribution in [0.5, 0.6) is 11.5 Å². The first-order chi connectivity index (χ1) is 9.27. The molecule has 0 radical (unpaired) electrons. The lowest BCUT2D eigenvalue weighted by Gasteiger charge is -2.10. The normalized spacial score (nSPS) is 11.4. The molecule has 20 heavy (non-hydrogen) atoms.